The minimum absolute atomic E-state index is 0.171. The zero-order valence-corrected chi connectivity index (χ0v) is 11.3. The summed E-state index contributed by atoms with van der Waals surface area (Å²) in [4.78, 5) is 32.0. The normalized spacial score (nSPS) is 10.1. The molecule has 1 aromatic heterocycles. The van der Waals surface area contributed by atoms with E-state index in [0.29, 0.717) is 23.9 Å². The second-order valence-corrected chi connectivity index (χ2v) is 4.21. The number of nitrogens with two attached hydrogens (primary N) is 3. The number of hydrazine groups is 1. The first kappa shape index (κ1) is 15.6. The second-order valence-electron chi connectivity index (χ2n) is 4.21. The van der Waals surface area contributed by atoms with E-state index >= 15 is 0 Å². The molecule has 0 radical (unpaired) electrons. The summed E-state index contributed by atoms with van der Waals surface area (Å²) in [5.74, 6) is 5.47. The fourth-order valence-corrected chi connectivity index (χ4v) is 1.65. The van der Waals surface area contributed by atoms with Gasteiger partial charge in [0.25, 0.3) is 0 Å². The summed E-state index contributed by atoms with van der Waals surface area (Å²) in [5.41, 5.74) is 12.7. The number of rotatable bonds is 8. The van der Waals surface area contributed by atoms with Crippen molar-refractivity contribution in [2.75, 3.05) is 23.4 Å². The van der Waals surface area contributed by atoms with E-state index in [4.69, 9.17) is 17.3 Å². The van der Waals surface area contributed by atoms with Gasteiger partial charge in [0, 0.05) is 12.5 Å². The molecule has 0 saturated heterocycles. The largest absolute Gasteiger partial charge is 0.368 e. The molecule has 0 spiro atoms. The quantitative estimate of drug-likeness (QED) is 0.333. The van der Waals surface area contributed by atoms with Crippen molar-refractivity contribution in [2.24, 2.45) is 17.3 Å². The molecule has 9 heteroatoms. The van der Waals surface area contributed by atoms with Crippen LogP contribution in [0.4, 0.5) is 11.6 Å². The molecule has 20 heavy (non-hydrogen) atoms. The molecule has 1 heterocycles. The van der Waals surface area contributed by atoms with Crippen molar-refractivity contribution in [2.45, 2.75) is 19.8 Å². The van der Waals surface area contributed by atoms with Crippen LogP contribution in [-0.4, -0.2) is 34.9 Å². The molecule has 2 amide bonds. The van der Waals surface area contributed by atoms with Crippen molar-refractivity contribution >= 4 is 23.5 Å². The fraction of sp³-hybridized carbons (Fsp3) is 0.455. The number of aromatic nitrogens is 2. The summed E-state index contributed by atoms with van der Waals surface area (Å²) in [6.45, 7) is 1.64. The van der Waals surface area contributed by atoms with Crippen LogP contribution in [0.25, 0.3) is 0 Å². The zero-order valence-electron chi connectivity index (χ0n) is 11.3. The number of nitrogen functional groups attached to an aromatic ring is 1. The topological polar surface area (TPSA) is 153 Å². The van der Waals surface area contributed by atoms with E-state index in [0.717, 1.165) is 6.42 Å². The number of carbonyl (C=O) groups excluding carboxylic acids is 2. The van der Waals surface area contributed by atoms with Gasteiger partial charge >= 0.3 is 0 Å². The lowest BCUT2D eigenvalue weighted by Crippen LogP contribution is -2.40. The highest BCUT2D eigenvalue weighted by molar-refractivity contribution is 5.84. The van der Waals surface area contributed by atoms with Gasteiger partial charge in [0.15, 0.2) is 0 Å². The van der Waals surface area contributed by atoms with E-state index in [-0.39, 0.29) is 13.1 Å². The lowest BCUT2D eigenvalue weighted by Gasteiger charge is -2.21. The van der Waals surface area contributed by atoms with Gasteiger partial charge in [-0.05, 0) is 6.42 Å². The molecule has 0 bridgehead atoms. The van der Waals surface area contributed by atoms with Crippen LogP contribution in [0.5, 0.6) is 0 Å². The molecule has 9 nitrogen and oxygen atoms in total. The highest BCUT2D eigenvalue weighted by Crippen LogP contribution is 2.16. The third-order valence-corrected chi connectivity index (χ3v) is 2.40. The number of amides is 2. The number of hydrogen-bond acceptors (Lipinski definition) is 7. The molecule has 1 aromatic rings. The number of carbonyl (C=O) groups is 2. The van der Waals surface area contributed by atoms with Gasteiger partial charge in [-0.15, -0.1) is 0 Å². The number of nitrogens with one attached hydrogen (secondary N) is 1. The Morgan fingerprint density at radius 2 is 1.85 bits per heavy atom. The molecule has 0 unspecified atom stereocenters. The third kappa shape index (κ3) is 4.69. The first-order valence-corrected chi connectivity index (χ1v) is 6.12. The number of anilines is 2. The van der Waals surface area contributed by atoms with E-state index in [1.54, 1.807) is 0 Å². The Bertz CT molecular complexity index is 476. The van der Waals surface area contributed by atoms with Crippen LogP contribution in [0.1, 0.15) is 19.2 Å². The number of hydrogen-bond donors (Lipinski definition) is 4. The first-order chi connectivity index (χ1) is 9.46. The molecule has 0 aliphatic heterocycles. The fourth-order valence-electron chi connectivity index (χ4n) is 1.65. The van der Waals surface area contributed by atoms with Gasteiger partial charge in [-0.3, -0.25) is 9.59 Å². The van der Waals surface area contributed by atoms with Crippen molar-refractivity contribution in [1.82, 2.24) is 9.97 Å². The smallest absolute Gasteiger partial charge is 0.237 e. The maximum Gasteiger partial charge on any atom is 0.237 e. The predicted octanol–water partition coefficient (Wildman–Crippen LogP) is -1.51. The molecule has 1 rings (SSSR count). The summed E-state index contributed by atoms with van der Waals surface area (Å²) >= 11 is 0. The van der Waals surface area contributed by atoms with Gasteiger partial charge in [-0.2, -0.15) is 0 Å². The molecular formula is C11H19N7O2. The number of nitrogens with zero attached hydrogens (tertiary/aromatic N) is 3. The summed E-state index contributed by atoms with van der Waals surface area (Å²) in [7, 11) is 0. The molecule has 0 saturated carbocycles. The monoisotopic (exact) mass is 281 g/mol. The maximum atomic E-state index is 11.1. The third-order valence-electron chi connectivity index (χ3n) is 2.40. The van der Waals surface area contributed by atoms with Crippen molar-refractivity contribution in [1.29, 1.82) is 0 Å². The summed E-state index contributed by atoms with van der Waals surface area (Å²) in [5, 5.41) is 0. The van der Waals surface area contributed by atoms with Crippen molar-refractivity contribution in [3.05, 3.63) is 11.9 Å². The highest BCUT2D eigenvalue weighted by atomic mass is 16.2. The maximum absolute atomic E-state index is 11.1. The average molecular weight is 281 g/mol. The van der Waals surface area contributed by atoms with E-state index in [2.05, 4.69) is 15.4 Å². The highest BCUT2D eigenvalue weighted by Gasteiger charge is 2.15. The van der Waals surface area contributed by atoms with Crippen LogP contribution in [0.2, 0.25) is 0 Å². The Morgan fingerprint density at radius 1 is 1.25 bits per heavy atom. The zero-order chi connectivity index (χ0) is 15.1. The SMILES string of the molecule is CCCc1nc(NN)cc(N(CC(N)=O)CC(N)=O)n1. The Labute approximate surface area is 116 Å². The molecule has 0 aliphatic rings. The lowest BCUT2D eigenvalue weighted by molar-refractivity contribution is -0.117. The van der Waals surface area contributed by atoms with Crippen LogP contribution < -0.4 is 27.6 Å². The predicted molar refractivity (Wildman–Crippen MR) is 74.4 cm³/mol. The van der Waals surface area contributed by atoms with Crippen molar-refractivity contribution < 1.29 is 9.59 Å². The van der Waals surface area contributed by atoms with Gasteiger partial charge in [0.05, 0.1) is 13.1 Å². The van der Waals surface area contributed by atoms with Crippen LogP contribution in [0.3, 0.4) is 0 Å². The van der Waals surface area contributed by atoms with Crippen LogP contribution >= 0.6 is 0 Å². The number of primary amides is 2. The molecule has 110 valence electrons. The summed E-state index contributed by atoms with van der Waals surface area (Å²) in [6.07, 6.45) is 1.49. The standard InChI is InChI=1S/C11H19N7O2/c1-2-3-9-15-10(17-14)4-11(16-9)18(5-7(12)19)6-8(13)20/h4H,2-3,5-6,14H2,1H3,(H2,12,19)(H2,13,20)(H,15,16,17). The molecule has 7 N–H and O–H groups in total. The van der Waals surface area contributed by atoms with Crippen molar-refractivity contribution in [3.8, 4) is 0 Å². The van der Waals surface area contributed by atoms with E-state index in [1.807, 2.05) is 6.92 Å². The van der Waals surface area contributed by atoms with Gasteiger partial charge in [-0.1, -0.05) is 6.92 Å². The minimum atomic E-state index is -0.593. The molecule has 0 fully saturated rings. The van der Waals surface area contributed by atoms with Crippen LogP contribution in [-0.2, 0) is 16.0 Å². The summed E-state index contributed by atoms with van der Waals surface area (Å²) in [6, 6.07) is 1.52. The van der Waals surface area contributed by atoms with Gasteiger partial charge in [0.1, 0.15) is 17.5 Å². The van der Waals surface area contributed by atoms with Gasteiger partial charge in [0.2, 0.25) is 11.8 Å². The molecule has 0 aromatic carbocycles. The Hall–Kier alpha value is -2.42. The molecule has 0 aliphatic carbocycles. The molecule has 0 atom stereocenters. The average Bonchev–Trinajstić information content (AvgIpc) is 2.37. The van der Waals surface area contributed by atoms with Crippen molar-refractivity contribution in [3.63, 3.8) is 0 Å². The van der Waals surface area contributed by atoms with E-state index < -0.39 is 11.8 Å². The second kappa shape index (κ2) is 7.24. The molecular weight excluding hydrogens is 262 g/mol. The Morgan fingerprint density at radius 3 is 2.30 bits per heavy atom. The van der Waals surface area contributed by atoms with Gasteiger partial charge < -0.3 is 21.8 Å². The van der Waals surface area contributed by atoms with Crippen LogP contribution in [0.15, 0.2) is 6.07 Å². The van der Waals surface area contributed by atoms with Gasteiger partial charge in [-0.25, -0.2) is 15.8 Å². The van der Waals surface area contributed by atoms with E-state index in [9.17, 15) is 9.59 Å². The van der Waals surface area contributed by atoms with E-state index in [1.165, 1.54) is 11.0 Å². The number of aryl methyl sites for hydroxylation is 1. The lowest BCUT2D eigenvalue weighted by atomic mass is 10.3. The Balaban J connectivity index is 3.12. The first-order valence-electron chi connectivity index (χ1n) is 6.12. The minimum Gasteiger partial charge on any atom is -0.368 e. The Kier molecular flexibility index (Phi) is 5.66. The van der Waals surface area contributed by atoms with Crippen LogP contribution in [0, 0.1) is 0 Å². The summed E-state index contributed by atoms with van der Waals surface area (Å²) < 4.78 is 0.